The number of nitrogens with one attached hydrogen (secondary N) is 1. The average molecular weight is 181 g/mol. The van der Waals surface area contributed by atoms with Crippen molar-refractivity contribution < 1.29 is 4.79 Å². The quantitative estimate of drug-likeness (QED) is 0.648. The van der Waals surface area contributed by atoms with E-state index in [2.05, 4.69) is 12.2 Å². The summed E-state index contributed by atoms with van der Waals surface area (Å²) in [5.41, 5.74) is 0. The molecule has 0 aromatic rings. The minimum Gasteiger partial charge on any atom is -0.350 e. The Kier molecular flexibility index (Phi) is 4.00. The first-order valence-corrected chi connectivity index (χ1v) is 5.19. The SMILES string of the molecule is CC=CC(=O)NC(CC)CC1CC1. The van der Waals surface area contributed by atoms with Crippen molar-refractivity contribution in [2.24, 2.45) is 5.92 Å². The van der Waals surface area contributed by atoms with Gasteiger partial charge in [0.2, 0.25) is 5.91 Å². The summed E-state index contributed by atoms with van der Waals surface area (Å²) in [7, 11) is 0. The molecule has 1 atom stereocenters. The van der Waals surface area contributed by atoms with E-state index in [-0.39, 0.29) is 5.91 Å². The van der Waals surface area contributed by atoms with E-state index >= 15 is 0 Å². The van der Waals surface area contributed by atoms with Crippen molar-refractivity contribution in [3.05, 3.63) is 12.2 Å². The van der Waals surface area contributed by atoms with Gasteiger partial charge in [0.15, 0.2) is 0 Å². The third-order valence-corrected chi connectivity index (χ3v) is 2.47. The van der Waals surface area contributed by atoms with Crippen LogP contribution < -0.4 is 5.32 Å². The van der Waals surface area contributed by atoms with Gasteiger partial charge in [-0.25, -0.2) is 0 Å². The highest BCUT2D eigenvalue weighted by molar-refractivity contribution is 5.87. The van der Waals surface area contributed by atoms with E-state index in [9.17, 15) is 4.79 Å². The van der Waals surface area contributed by atoms with Gasteiger partial charge in [-0.15, -0.1) is 0 Å². The lowest BCUT2D eigenvalue weighted by atomic mass is 10.1. The standard InChI is InChI=1S/C11H19NO/c1-3-5-11(13)12-10(4-2)8-9-6-7-9/h3,5,9-10H,4,6-8H2,1-2H3,(H,12,13). The molecule has 0 spiro atoms. The van der Waals surface area contributed by atoms with Gasteiger partial charge in [-0.3, -0.25) is 4.79 Å². The smallest absolute Gasteiger partial charge is 0.243 e. The lowest BCUT2D eigenvalue weighted by Crippen LogP contribution is -2.33. The average Bonchev–Trinajstić information content (AvgIpc) is 2.87. The topological polar surface area (TPSA) is 29.1 Å². The van der Waals surface area contributed by atoms with Gasteiger partial charge in [0.05, 0.1) is 0 Å². The summed E-state index contributed by atoms with van der Waals surface area (Å²) in [5, 5.41) is 3.01. The summed E-state index contributed by atoms with van der Waals surface area (Å²) < 4.78 is 0. The van der Waals surface area contributed by atoms with Crippen LogP contribution >= 0.6 is 0 Å². The summed E-state index contributed by atoms with van der Waals surface area (Å²) in [4.78, 5) is 11.2. The molecule has 1 amide bonds. The van der Waals surface area contributed by atoms with Crippen LogP contribution in [0.4, 0.5) is 0 Å². The molecule has 0 heterocycles. The van der Waals surface area contributed by atoms with Crippen LogP contribution in [-0.4, -0.2) is 11.9 Å². The van der Waals surface area contributed by atoms with E-state index < -0.39 is 0 Å². The van der Waals surface area contributed by atoms with E-state index in [4.69, 9.17) is 0 Å². The minimum absolute atomic E-state index is 0.0509. The minimum atomic E-state index is 0.0509. The van der Waals surface area contributed by atoms with Crippen molar-refractivity contribution in [2.45, 2.75) is 45.6 Å². The first-order chi connectivity index (χ1) is 6.26. The zero-order chi connectivity index (χ0) is 9.68. The van der Waals surface area contributed by atoms with Gasteiger partial charge in [0.25, 0.3) is 0 Å². The highest BCUT2D eigenvalue weighted by Crippen LogP contribution is 2.33. The van der Waals surface area contributed by atoms with Crippen LogP contribution in [0.25, 0.3) is 0 Å². The molecular weight excluding hydrogens is 162 g/mol. The third-order valence-electron chi connectivity index (χ3n) is 2.47. The van der Waals surface area contributed by atoms with Gasteiger partial charge >= 0.3 is 0 Å². The van der Waals surface area contributed by atoms with Crippen molar-refractivity contribution in [3.8, 4) is 0 Å². The first kappa shape index (κ1) is 10.3. The summed E-state index contributed by atoms with van der Waals surface area (Å²) in [6.45, 7) is 3.99. The van der Waals surface area contributed by atoms with E-state index in [0.717, 1.165) is 12.3 Å². The lowest BCUT2D eigenvalue weighted by molar-refractivity contribution is -0.117. The fourth-order valence-corrected chi connectivity index (χ4v) is 1.48. The molecule has 0 aromatic heterocycles. The molecule has 2 heteroatoms. The molecule has 0 radical (unpaired) electrons. The predicted octanol–water partition coefficient (Wildman–Crippen LogP) is 2.26. The predicted molar refractivity (Wildman–Crippen MR) is 54.4 cm³/mol. The molecular formula is C11H19NO. The van der Waals surface area contributed by atoms with Crippen LogP contribution in [0.15, 0.2) is 12.2 Å². The second-order valence-corrected chi connectivity index (χ2v) is 3.79. The molecule has 1 rings (SSSR count). The zero-order valence-electron chi connectivity index (χ0n) is 8.55. The molecule has 1 saturated carbocycles. The molecule has 0 aliphatic heterocycles. The molecule has 0 saturated heterocycles. The van der Waals surface area contributed by atoms with E-state index in [1.165, 1.54) is 19.3 Å². The molecule has 0 bridgehead atoms. The van der Waals surface area contributed by atoms with E-state index in [1.807, 2.05) is 6.92 Å². The van der Waals surface area contributed by atoms with Gasteiger partial charge < -0.3 is 5.32 Å². The number of allylic oxidation sites excluding steroid dienone is 1. The van der Waals surface area contributed by atoms with Crippen LogP contribution in [0.2, 0.25) is 0 Å². The highest BCUT2D eigenvalue weighted by Gasteiger charge is 2.24. The molecule has 1 N–H and O–H groups in total. The van der Waals surface area contributed by atoms with Crippen LogP contribution in [0, 0.1) is 5.92 Å². The fraction of sp³-hybridized carbons (Fsp3) is 0.727. The maximum absolute atomic E-state index is 11.2. The van der Waals surface area contributed by atoms with Crippen LogP contribution in [-0.2, 0) is 4.79 Å². The Balaban J connectivity index is 2.24. The number of carbonyl (C=O) groups excluding carboxylic acids is 1. The Morgan fingerprint density at radius 1 is 1.62 bits per heavy atom. The van der Waals surface area contributed by atoms with Crippen molar-refractivity contribution >= 4 is 5.91 Å². The lowest BCUT2D eigenvalue weighted by Gasteiger charge is -2.14. The van der Waals surface area contributed by atoms with Gasteiger partial charge in [-0.2, -0.15) is 0 Å². The molecule has 74 valence electrons. The van der Waals surface area contributed by atoms with E-state index in [1.54, 1.807) is 12.2 Å². The second kappa shape index (κ2) is 5.05. The van der Waals surface area contributed by atoms with E-state index in [0.29, 0.717) is 6.04 Å². The number of hydrogen-bond donors (Lipinski definition) is 1. The summed E-state index contributed by atoms with van der Waals surface area (Å²) in [6.07, 6.45) is 8.29. The highest BCUT2D eigenvalue weighted by atomic mass is 16.1. The summed E-state index contributed by atoms with van der Waals surface area (Å²) >= 11 is 0. The summed E-state index contributed by atoms with van der Waals surface area (Å²) in [5.74, 6) is 0.936. The second-order valence-electron chi connectivity index (χ2n) is 3.79. The first-order valence-electron chi connectivity index (χ1n) is 5.19. The normalized spacial score (nSPS) is 18.9. The fourth-order valence-electron chi connectivity index (χ4n) is 1.48. The monoisotopic (exact) mass is 181 g/mol. The summed E-state index contributed by atoms with van der Waals surface area (Å²) in [6, 6.07) is 0.385. The Labute approximate surface area is 80.4 Å². The van der Waals surface area contributed by atoms with Crippen molar-refractivity contribution in [2.75, 3.05) is 0 Å². The number of rotatable bonds is 5. The molecule has 0 aromatic carbocycles. The largest absolute Gasteiger partial charge is 0.350 e. The van der Waals surface area contributed by atoms with Crippen molar-refractivity contribution in [1.82, 2.24) is 5.32 Å². The molecule has 13 heavy (non-hydrogen) atoms. The van der Waals surface area contributed by atoms with Crippen LogP contribution in [0.1, 0.15) is 39.5 Å². The maximum Gasteiger partial charge on any atom is 0.243 e. The van der Waals surface area contributed by atoms with Gasteiger partial charge in [-0.05, 0) is 31.8 Å². The Hall–Kier alpha value is -0.790. The van der Waals surface area contributed by atoms with Gasteiger partial charge in [0, 0.05) is 6.04 Å². The molecule has 1 unspecified atom stereocenters. The molecule has 1 aliphatic carbocycles. The molecule has 2 nitrogen and oxygen atoms in total. The third kappa shape index (κ3) is 4.11. The van der Waals surface area contributed by atoms with Crippen molar-refractivity contribution in [3.63, 3.8) is 0 Å². The Bertz CT molecular complexity index is 194. The number of amides is 1. The van der Waals surface area contributed by atoms with Crippen LogP contribution in [0.5, 0.6) is 0 Å². The number of hydrogen-bond acceptors (Lipinski definition) is 1. The number of carbonyl (C=O) groups is 1. The maximum atomic E-state index is 11.2. The molecule has 1 fully saturated rings. The van der Waals surface area contributed by atoms with Gasteiger partial charge in [-0.1, -0.05) is 25.8 Å². The van der Waals surface area contributed by atoms with Crippen LogP contribution in [0.3, 0.4) is 0 Å². The van der Waals surface area contributed by atoms with Gasteiger partial charge in [0.1, 0.15) is 0 Å². The zero-order valence-corrected chi connectivity index (χ0v) is 8.55. The Morgan fingerprint density at radius 3 is 2.77 bits per heavy atom. The van der Waals surface area contributed by atoms with Crippen molar-refractivity contribution in [1.29, 1.82) is 0 Å². The molecule has 1 aliphatic rings. The Morgan fingerprint density at radius 2 is 2.31 bits per heavy atom.